The van der Waals surface area contributed by atoms with Crippen LogP contribution in [-0.2, 0) is 10.2 Å². The molecule has 0 aromatic heterocycles. The van der Waals surface area contributed by atoms with Crippen molar-refractivity contribution in [2.45, 2.75) is 26.2 Å². The number of ether oxygens (including phenoxy) is 2. The minimum atomic E-state index is -0.216. The second-order valence-corrected chi connectivity index (χ2v) is 8.96. The zero-order chi connectivity index (χ0) is 23.4. The van der Waals surface area contributed by atoms with E-state index in [1.807, 2.05) is 30.3 Å². The second kappa shape index (κ2) is 9.36. The van der Waals surface area contributed by atoms with Gasteiger partial charge in [-0.3, -0.25) is 9.59 Å². The second-order valence-electron chi connectivity index (χ2n) is 8.96. The number of nitrogens with zero attached hydrogens (tertiary/aromatic N) is 1. The summed E-state index contributed by atoms with van der Waals surface area (Å²) in [6.07, 6.45) is 0. The molecule has 0 spiro atoms. The van der Waals surface area contributed by atoms with Gasteiger partial charge in [0.05, 0.1) is 12.2 Å². The van der Waals surface area contributed by atoms with Gasteiger partial charge in [0.25, 0.3) is 11.8 Å². The topological polar surface area (TPSA) is 67.9 Å². The summed E-state index contributed by atoms with van der Waals surface area (Å²) >= 11 is 0. The molecule has 0 saturated heterocycles. The van der Waals surface area contributed by atoms with E-state index in [2.05, 4.69) is 38.2 Å². The third kappa shape index (κ3) is 5.34. The van der Waals surface area contributed by atoms with E-state index in [0.29, 0.717) is 35.8 Å². The molecule has 33 heavy (non-hydrogen) atoms. The fourth-order valence-corrected chi connectivity index (χ4v) is 3.62. The van der Waals surface area contributed by atoms with Crippen LogP contribution in [0.15, 0.2) is 72.8 Å². The maximum Gasteiger partial charge on any atom is 0.265 e. The molecule has 1 N–H and O–H groups in total. The lowest BCUT2D eigenvalue weighted by molar-refractivity contribution is -0.121. The first-order valence-corrected chi connectivity index (χ1v) is 11.0. The fourth-order valence-electron chi connectivity index (χ4n) is 3.62. The van der Waals surface area contributed by atoms with Gasteiger partial charge in [-0.2, -0.15) is 0 Å². The molecule has 0 bridgehead atoms. The van der Waals surface area contributed by atoms with Crippen LogP contribution in [0.3, 0.4) is 0 Å². The standard InChI is InChI=1S/C27H28N2O4/c1-27(2,3)20-9-12-22(13-10-20)32-16-15-29-23-17-21(11-14-24(23)33-18-25(29)30)28-26(31)19-7-5-4-6-8-19/h4-14,17H,15-16,18H2,1-3H3,(H,28,31). The van der Waals surface area contributed by atoms with E-state index >= 15 is 0 Å². The molecule has 6 heteroatoms. The summed E-state index contributed by atoms with van der Waals surface area (Å²) in [7, 11) is 0. The van der Waals surface area contributed by atoms with Crippen LogP contribution in [0.1, 0.15) is 36.7 Å². The quantitative estimate of drug-likeness (QED) is 0.578. The molecule has 0 radical (unpaired) electrons. The molecule has 3 aromatic carbocycles. The lowest BCUT2D eigenvalue weighted by Gasteiger charge is -2.29. The number of fused-ring (bicyclic) bond motifs is 1. The predicted molar refractivity (Wildman–Crippen MR) is 129 cm³/mol. The number of rotatable bonds is 6. The first kappa shape index (κ1) is 22.4. The van der Waals surface area contributed by atoms with Crippen molar-refractivity contribution in [2.24, 2.45) is 0 Å². The van der Waals surface area contributed by atoms with Crippen molar-refractivity contribution >= 4 is 23.2 Å². The highest BCUT2D eigenvalue weighted by Gasteiger charge is 2.26. The monoisotopic (exact) mass is 444 g/mol. The Morgan fingerprint density at radius 1 is 1.03 bits per heavy atom. The summed E-state index contributed by atoms with van der Waals surface area (Å²) in [4.78, 5) is 26.7. The highest BCUT2D eigenvalue weighted by atomic mass is 16.5. The van der Waals surface area contributed by atoms with Crippen molar-refractivity contribution in [1.82, 2.24) is 0 Å². The Labute approximate surface area is 194 Å². The molecule has 6 nitrogen and oxygen atoms in total. The molecule has 0 fully saturated rings. The van der Waals surface area contributed by atoms with E-state index in [1.54, 1.807) is 35.2 Å². The van der Waals surface area contributed by atoms with Crippen LogP contribution in [0, 0.1) is 0 Å². The molecule has 1 aliphatic heterocycles. The Bertz CT molecular complexity index is 1140. The number of carbonyl (C=O) groups excluding carboxylic acids is 2. The van der Waals surface area contributed by atoms with Crippen molar-refractivity contribution in [1.29, 1.82) is 0 Å². The van der Waals surface area contributed by atoms with Gasteiger partial charge in [0.2, 0.25) is 0 Å². The van der Waals surface area contributed by atoms with Gasteiger partial charge in [0.15, 0.2) is 6.61 Å². The van der Waals surface area contributed by atoms with Gasteiger partial charge in [-0.05, 0) is 53.4 Å². The fraction of sp³-hybridized carbons (Fsp3) is 0.259. The number of hydrogen-bond donors (Lipinski definition) is 1. The lowest BCUT2D eigenvalue weighted by atomic mass is 9.87. The maximum absolute atomic E-state index is 12.6. The van der Waals surface area contributed by atoms with Gasteiger partial charge in [0.1, 0.15) is 18.1 Å². The molecule has 4 rings (SSSR count). The summed E-state index contributed by atoms with van der Waals surface area (Å²) in [6, 6.07) is 22.3. The summed E-state index contributed by atoms with van der Waals surface area (Å²) in [5.41, 5.74) is 3.08. The highest BCUT2D eigenvalue weighted by molar-refractivity contribution is 6.05. The molecule has 0 aliphatic carbocycles. The van der Waals surface area contributed by atoms with Crippen LogP contribution >= 0.6 is 0 Å². The van der Waals surface area contributed by atoms with Crippen LogP contribution in [0.4, 0.5) is 11.4 Å². The third-order valence-electron chi connectivity index (χ3n) is 5.50. The van der Waals surface area contributed by atoms with Gasteiger partial charge in [0, 0.05) is 11.3 Å². The Balaban J connectivity index is 1.43. The Kier molecular flexibility index (Phi) is 6.36. The summed E-state index contributed by atoms with van der Waals surface area (Å²) in [5.74, 6) is 0.988. The van der Waals surface area contributed by atoms with Crippen LogP contribution in [0.25, 0.3) is 0 Å². The SMILES string of the molecule is CC(C)(C)c1ccc(OCCN2C(=O)COc3ccc(NC(=O)c4ccccc4)cc32)cc1. The van der Waals surface area contributed by atoms with E-state index < -0.39 is 0 Å². The average Bonchev–Trinajstić information content (AvgIpc) is 2.81. The Morgan fingerprint density at radius 3 is 2.45 bits per heavy atom. The minimum Gasteiger partial charge on any atom is -0.492 e. The summed E-state index contributed by atoms with van der Waals surface area (Å²) < 4.78 is 11.5. The van der Waals surface area contributed by atoms with Crippen molar-refractivity contribution in [3.63, 3.8) is 0 Å². The van der Waals surface area contributed by atoms with Gasteiger partial charge < -0.3 is 19.7 Å². The normalized spacial score (nSPS) is 13.2. The van der Waals surface area contributed by atoms with Gasteiger partial charge in [-0.15, -0.1) is 0 Å². The van der Waals surface area contributed by atoms with Crippen molar-refractivity contribution < 1.29 is 19.1 Å². The van der Waals surface area contributed by atoms with E-state index in [-0.39, 0.29) is 23.8 Å². The minimum absolute atomic E-state index is 0.0248. The zero-order valence-corrected chi connectivity index (χ0v) is 19.1. The van der Waals surface area contributed by atoms with Gasteiger partial charge in [-0.25, -0.2) is 0 Å². The summed E-state index contributed by atoms with van der Waals surface area (Å²) in [5, 5.41) is 2.88. The van der Waals surface area contributed by atoms with Crippen LogP contribution in [0.5, 0.6) is 11.5 Å². The lowest BCUT2D eigenvalue weighted by Crippen LogP contribution is -2.41. The molecule has 0 saturated carbocycles. The Morgan fingerprint density at radius 2 is 1.76 bits per heavy atom. The maximum atomic E-state index is 12.6. The number of amides is 2. The van der Waals surface area contributed by atoms with Crippen molar-refractivity contribution in [3.05, 3.63) is 83.9 Å². The number of carbonyl (C=O) groups is 2. The zero-order valence-electron chi connectivity index (χ0n) is 19.1. The van der Waals surface area contributed by atoms with Crippen molar-refractivity contribution in [3.8, 4) is 11.5 Å². The molecule has 0 atom stereocenters. The third-order valence-corrected chi connectivity index (χ3v) is 5.50. The molecule has 1 heterocycles. The van der Waals surface area contributed by atoms with E-state index in [4.69, 9.17) is 9.47 Å². The van der Waals surface area contributed by atoms with Crippen LogP contribution < -0.4 is 19.7 Å². The van der Waals surface area contributed by atoms with Crippen LogP contribution in [-0.4, -0.2) is 31.6 Å². The molecule has 0 unspecified atom stereocenters. The number of nitrogens with one attached hydrogen (secondary N) is 1. The van der Waals surface area contributed by atoms with Gasteiger partial charge >= 0.3 is 0 Å². The number of hydrogen-bond acceptors (Lipinski definition) is 4. The number of benzene rings is 3. The van der Waals surface area contributed by atoms with Crippen molar-refractivity contribution in [2.75, 3.05) is 30.0 Å². The van der Waals surface area contributed by atoms with E-state index in [9.17, 15) is 9.59 Å². The predicted octanol–water partition coefficient (Wildman–Crippen LogP) is 5.04. The first-order chi connectivity index (χ1) is 15.8. The molecular formula is C27H28N2O4. The number of anilines is 2. The smallest absolute Gasteiger partial charge is 0.265 e. The summed E-state index contributed by atoms with van der Waals surface area (Å²) in [6.45, 7) is 7.18. The molecular weight excluding hydrogens is 416 g/mol. The van der Waals surface area contributed by atoms with Crippen LogP contribution in [0.2, 0.25) is 0 Å². The molecule has 2 amide bonds. The molecule has 170 valence electrons. The van der Waals surface area contributed by atoms with E-state index in [0.717, 1.165) is 5.75 Å². The van der Waals surface area contributed by atoms with E-state index in [1.165, 1.54) is 5.56 Å². The largest absolute Gasteiger partial charge is 0.492 e. The molecule has 3 aromatic rings. The Hall–Kier alpha value is -3.80. The van der Waals surface area contributed by atoms with Gasteiger partial charge in [-0.1, -0.05) is 51.1 Å². The average molecular weight is 445 g/mol. The first-order valence-electron chi connectivity index (χ1n) is 11.0. The molecule has 1 aliphatic rings. The highest BCUT2D eigenvalue weighted by Crippen LogP contribution is 2.34.